The van der Waals surface area contributed by atoms with E-state index < -0.39 is 5.92 Å². The molecule has 19 heavy (non-hydrogen) atoms. The van der Waals surface area contributed by atoms with Crippen LogP contribution in [-0.4, -0.2) is 17.5 Å². The molecule has 0 fully saturated rings. The molecule has 0 heterocycles. The Morgan fingerprint density at radius 2 is 2.11 bits per heavy atom. The first-order valence-corrected chi connectivity index (χ1v) is 6.83. The fourth-order valence-corrected chi connectivity index (χ4v) is 1.99. The topological polar surface area (TPSA) is 64.3 Å². The highest BCUT2D eigenvalue weighted by molar-refractivity contribution is 7.80. The predicted octanol–water partition coefficient (Wildman–Crippen LogP) is 2.73. The summed E-state index contributed by atoms with van der Waals surface area (Å²) in [5.41, 5.74) is 6.26. The smallest absolute Gasteiger partial charge is 0.234 e. The number of anilines is 1. The van der Waals surface area contributed by atoms with Gasteiger partial charge in [0.05, 0.1) is 23.2 Å². The van der Waals surface area contributed by atoms with Crippen LogP contribution in [0.2, 0.25) is 0 Å². The molecule has 0 spiro atoms. The van der Waals surface area contributed by atoms with E-state index in [-0.39, 0.29) is 10.9 Å². The monoisotopic (exact) mass is 280 g/mol. The number of hydrogen-bond donors (Lipinski definition) is 2. The van der Waals surface area contributed by atoms with E-state index in [1.807, 2.05) is 32.0 Å². The van der Waals surface area contributed by atoms with Crippen LogP contribution < -0.4 is 15.8 Å². The van der Waals surface area contributed by atoms with Gasteiger partial charge in [0.25, 0.3) is 0 Å². The third kappa shape index (κ3) is 4.52. The van der Waals surface area contributed by atoms with Gasteiger partial charge in [-0.3, -0.25) is 4.79 Å². The summed E-state index contributed by atoms with van der Waals surface area (Å²) in [5.74, 6) is 0.0349. The summed E-state index contributed by atoms with van der Waals surface area (Å²) in [6.07, 6.45) is 1.50. The first kappa shape index (κ1) is 15.4. The second-order valence-corrected chi connectivity index (χ2v) is 4.63. The van der Waals surface area contributed by atoms with Gasteiger partial charge >= 0.3 is 0 Å². The molecule has 0 saturated heterocycles. The molecule has 1 atom stereocenters. The molecule has 1 aromatic carbocycles. The first-order valence-electron chi connectivity index (χ1n) is 6.42. The Hall–Kier alpha value is -1.62. The lowest BCUT2D eigenvalue weighted by Crippen LogP contribution is -2.33. The number of para-hydroxylation sites is 2. The fraction of sp³-hybridized carbons (Fsp3) is 0.429. The Balaban J connectivity index is 2.83. The second-order valence-electron chi connectivity index (χ2n) is 4.16. The summed E-state index contributed by atoms with van der Waals surface area (Å²) in [4.78, 5) is 12.4. The number of nitrogens with two attached hydrogens (primary N) is 1. The van der Waals surface area contributed by atoms with Gasteiger partial charge in [-0.05, 0) is 25.5 Å². The maximum absolute atomic E-state index is 12.2. The Labute approximate surface area is 119 Å². The van der Waals surface area contributed by atoms with Gasteiger partial charge in [0.2, 0.25) is 5.91 Å². The fourth-order valence-electron chi connectivity index (χ4n) is 1.76. The molecule has 5 heteroatoms. The highest BCUT2D eigenvalue weighted by Gasteiger charge is 2.21. The molecule has 1 rings (SSSR count). The summed E-state index contributed by atoms with van der Waals surface area (Å²) in [5, 5.41) is 2.83. The van der Waals surface area contributed by atoms with Crippen molar-refractivity contribution in [2.75, 3.05) is 11.9 Å². The number of rotatable bonds is 7. The Morgan fingerprint density at radius 1 is 1.42 bits per heavy atom. The van der Waals surface area contributed by atoms with Crippen LogP contribution >= 0.6 is 12.2 Å². The van der Waals surface area contributed by atoms with E-state index in [1.54, 1.807) is 6.07 Å². The summed E-state index contributed by atoms with van der Waals surface area (Å²) in [6, 6.07) is 7.31. The Kier molecular flexibility index (Phi) is 6.29. The summed E-state index contributed by atoms with van der Waals surface area (Å²) in [6.45, 7) is 4.43. The van der Waals surface area contributed by atoms with Gasteiger partial charge in [-0.15, -0.1) is 0 Å². The molecule has 104 valence electrons. The third-order valence-corrected chi connectivity index (χ3v) is 2.97. The van der Waals surface area contributed by atoms with E-state index in [1.165, 1.54) is 0 Å². The van der Waals surface area contributed by atoms with Crippen LogP contribution in [0, 0.1) is 5.92 Å². The van der Waals surface area contributed by atoms with Crippen molar-refractivity contribution in [2.45, 2.75) is 26.7 Å². The molecule has 0 aliphatic carbocycles. The molecule has 1 aromatic rings. The lowest BCUT2D eigenvalue weighted by Gasteiger charge is -2.16. The zero-order valence-corrected chi connectivity index (χ0v) is 12.1. The Morgan fingerprint density at radius 3 is 2.68 bits per heavy atom. The number of carbonyl (C=O) groups is 1. The average Bonchev–Trinajstić information content (AvgIpc) is 2.38. The summed E-state index contributed by atoms with van der Waals surface area (Å²) < 4.78 is 5.46. The average molecular weight is 280 g/mol. The van der Waals surface area contributed by atoms with E-state index in [0.29, 0.717) is 24.5 Å². The van der Waals surface area contributed by atoms with Crippen molar-refractivity contribution in [3.63, 3.8) is 0 Å². The lowest BCUT2D eigenvalue weighted by atomic mass is 10.0. The van der Waals surface area contributed by atoms with E-state index in [4.69, 9.17) is 22.7 Å². The number of hydrogen-bond acceptors (Lipinski definition) is 3. The van der Waals surface area contributed by atoms with Crippen LogP contribution in [0.1, 0.15) is 26.7 Å². The summed E-state index contributed by atoms with van der Waals surface area (Å²) >= 11 is 4.94. The largest absolute Gasteiger partial charge is 0.492 e. The number of amides is 1. The number of carbonyl (C=O) groups excluding carboxylic acids is 1. The molecule has 0 saturated carbocycles. The van der Waals surface area contributed by atoms with Crippen molar-refractivity contribution >= 4 is 28.8 Å². The number of benzene rings is 1. The van der Waals surface area contributed by atoms with Crippen molar-refractivity contribution in [2.24, 2.45) is 11.7 Å². The second kappa shape index (κ2) is 7.74. The molecular weight excluding hydrogens is 260 g/mol. The zero-order chi connectivity index (χ0) is 14.3. The third-order valence-electron chi connectivity index (χ3n) is 2.68. The molecule has 0 aromatic heterocycles. The molecule has 4 nitrogen and oxygen atoms in total. The molecule has 0 radical (unpaired) electrons. The van der Waals surface area contributed by atoms with Gasteiger partial charge in [0.1, 0.15) is 5.75 Å². The minimum absolute atomic E-state index is 0.179. The van der Waals surface area contributed by atoms with Gasteiger partial charge < -0.3 is 15.8 Å². The van der Waals surface area contributed by atoms with Crippen molar-refractivity contribution in [3.8, 4) is 5.75 Å². The zero-order valence-electron chi connectivity index (χ0n) is 11.3. The molecular formula is C14H20N2O2S. The van der Waals surface area contributed by atoms with Gasteiger partial charge in [-0.1, -0.05) is 37.7 Å². The first-order chi connectivity index (χ1) is 9.10. The van der Waals surface area contributed by atoms with Crippen molar-refractivity contribution < 1.29 is 9.53 Å². The molecule has 0 aliphatic rings. The minimum atomic E-state index is -0.435. The molecule has 1 amide bonds. The SMILES string of the molecule is CCCC(C(=O)Nc1ccccc1OCC)C(N)=S. The van der Waals surface area contributed by atoms with Gasteiger partial charge in [0, 0.05) is 0 Å². The van der Waals surface area contributed by atoms with Gasteiger partial charge in [-0.2, -0.15) is 0 Å². The highest BCUT2D eigenvalue weighted by atomic mass is 32.1. The normalized spacial score (nSPS) is 11.7. The lowest BCUT2D eigenvalue weighted by molar-refractivity contribution is -0.118. The van der Waals surface area contributed by atoms with Gasteiger partial charge in [-0.25, -0.2) is 0 Å². The number of ether oxygens (including phenoxy) is 1. The van der Waals surface area contributed by atoms with E-state index >= 15 is 0 Å². The summed E-state index contributed by atoms with van der Waals surface area (Å²) in [7, 11) is 0. The van der Waals surface area contributed by atoms with Crippen LogP contribution in [0.5, 0.6) is 5.75 Å². The van der Waals surface area contributed by atoms with Crippen LogP contribution in [0.3, 0.4) is 0 Å². The van der Waals surface area contributed by atoms with Crippen LogP contribution in [0.15, 0.2) is 24.3 Å². The molecule has 0 aliphatic heterocycles. The van der Waals surface area contributed by atoms with Crippen LogP contribution in [-0.2, 0) is 4.79 Å². The van der Waals surface area contributed by atoms with E-state index in [0.717, 1.165) is 6.42 Å². The molecule has 1 unspecified atom stereocenters. The predicted molar refractivity (Wildman–Crippen MR) is 81.4 cm³/mol. The van der Waals surface area contributed by atoms with E-state index in [2.05, 4.69) is 5.32 Å². The highest BCUT2D eigenvalue weighted by Crippen LogP contribution is 2.24. The molecule has 3 N–H and O–H groups in total. The molecule has 0 bridgehead atoms. The Bertz CT molecular complexity index is 449. The number of nitrogens with one attached hydrogen (secondary N) is 1. The van der Waals surface area contributed by atoms with E-state index in [9.17, 15) is 4.79 Å². The van der Waals surface area contributed by atoms with Crippen molar-refractivity contribution in [1.29, 1.82) is 0 Å². The van der Waals surface area contributed by atoms with Crippen LogP contribution in [0.4, 0.5) is 5.69 Å². The van der Waals surface area contributed by atoms with Crippen LogP contribution in [0.25, 0.3) is 0 Å². The number of thiocarbonyl (C=S) groups is 1. The maximum atomic E-state index is 12.2. The van der Waals surface area contributed by atoms with Crippen molar-refractivity contribution in [3.05, 3.63) is 24.3 Å². The van der Waals surface area contributed by atoms with Crippen molar-refractivity contribution in [1.82, 2.24) is 0 Å². The maximum Gasteiger partial charge on any atom is 0.234 e. The minimum Gasteiger partial charge on any atom is -0.492 e. The van der Waals surface area contributed by atoms with Gasteiger partial charge in [0.15, 0.2) is 0 Å². The quantitative estimate of drug-likeness (QED) is 0.754. The standard InChI is InChI=1S/C14H20N2O2S/c1-3-7-10(13(15)19)14(17)16-11-8-5-6-9-12(11)18-4-2/h5-6,8-10H,3-4,7H2,1-2H3,(H2,15,19)(H,16,17).